The molecule has 0 heterocycles. The number of carbonyl (C=O) groups excluding carboxylic acids is 1. The zero-order valence-electron chi connectivity index (χ0n) is 8.05. The predicted molar refractivity (Wildman–Crippen MR) is 49.8 cm³/mol. The molecule has 12 heavy (non-hydrogen) atoms. The predicted octanol–water partition coefficient (Wildman–Crippen LogP) is 1.87. The second-order valence-corrected chi connectivity index (χ2v) is 3.81. The van der Waals surface area contributed by atoms with E-state index in [9.17, 15) is 4.79 Å². The summed E-state index contributed by atoms with van der Waals surface area (Å²) >= 11 is 0. The molecule has 0 saturated heterocycles. The molecule has 1 rings (SSSR count). The minimum Gasteiger partial charge on any atom is -0.386 e. The number of ketones is 1. The van der Waals surface area contributed by atoms with Crippen molar-refractivity contribution in [3.63, 3.8) is 0 Å². The quantitative estimate of drug-likeness (QED) is 0.695. The van der Waals surface area contributed by atoms with E-state index in [1.165, 1.54) is 0 Å². The van der Waals surface area contributed by atoms with Crippen molar-refractivity contribution < 1.29 is 4.79 Å². The molecule has 0 bridgehead atoms. The maximum absolute atomic E-state index is 10.9. The van der Waals surface area contributed by atoms with E-state index in [4.69, 9.17) is 0 Å². The average Bonchev–Trinajstić information content (AvgIpc) is 2.35. The van der Waals surface area contributed by atoms with Crippen LogP contribution in [0.4, 0.5) is 0 Å². The second kappa shape index (κ2) is 3.74. The molecule has 1 unspecified atom stereocenters. The van der Waals surface area contributed by atoms with Gasteiger partial charge < -0.3 is 5.32 Å². The third kappa shape index (κ3) is 2.36. The van der Waals surface area contributed by atoms with Gasteiger partial charge in [-0.15, -0.1) is 0 Å². The summed E-state index contributed by atoms with van der Waals surface area (Å²) in [5.74, 6) is 0.870. The summed E-state index contributed by atoms with van der Waals surface area (Å²) in [6.07, 6.45) is 3.32. The Hall–Kier alpha value is -0.790. The smallest absolute Gasteiger partial charge is 0.157 e. The van der Waals surface area contributed by atoms with Crippen molar-refractivity contribution in [3.8, 4) is 0 Å². The molecule has 0 amide bonds. The summed E-state index contributed by atoms with van der Waals surface area (Å²) in [6, 6.07) is 0.460. The Morgan fingerprint density at radius 1 is 1.33 bits per heavy atom. The van der Waals surface area contributed by atoms with Crippen molar-refractivity contribution in [1.82, 2.24) is 5.32 Å². The van der Waals surface area contributed by atoms with E-state index in [1.807, 2.05) is 0 Å². The minimum atomic E-state index is 0.258. The lowest BCUT2D eigenvalue weighted by atomic mass is 10.1. The van der Waals surface area contributed by atoms with Crippen molar-refractivity contribution in [2.24, 2.45) is 5.92 Å². The summed E-state index contributed by atoms with van der Waals surface area (Å²) in [4.78, 5) is 10.9. The monoisotopic (exact) mass is 167 g/mol. The highest BCUT2D eigenvalue weighted by atomic mass is 16.1. The molecule has 0 spiro atoms. The van der Waals surface area contributed by atoms with Gasteiger partial charge in [0.05, 0.1) is 0 Å². The van der Waals surface area contributed by atoms with E-state index in [2.05, 4.69) is 26.1 Å². The van der Waals surface area contributed by atoms with Gasteiger partial charge >= 0.3 is 0 Å². The molecule has 0 aromatic heterocycles. The molecule has 0 aromatic carbocycles. The van der Waals surface area contributed by atoms with Crippen LogP contribution in [-0.4, -0.2) is 11.8 Å². The molecular formula is C10H17NO. The van der Waals surface area contributed by atoms with E-state index in [0.29, 0.717) is 18.4 Å². The maximum Gasteiger partial charge on any atom is 0.157 e. The molecule has 0 aromatic rings. The van der Waals surface area contributed by atoms with Crippen LogP contribution in [0.5, 0.6) is 0 Å². The number of carbonyl (C=O) groups is 1. The van der Waals surface area contributed by atoms with Gasteiger partial charge in [0.25, 0.3) is 0 Å². The van der Waals surface area contributed by atoms with Crippen molar-refractivity contribution >= 4 is 5.78 Å². The van der Waals surface area contributed by atoms with E-state index >= 15 is 0 Å². The standard InChI is InChI=1S/C10H17NO/c1-7(2)8(3)11-9-4-5-10(12)6-9/h6-8,11H,4-5H2,1-3H3. The fourth-order valence-electron chi connectivity index (χ4n) is 1.17. The number of hydrogen-bond acceptors (Lipinski definition) is 2. The van der Waals surface area contributed by atoms with Crippen LogP contribution in [-0.2, 0) is 4.79 Å². The molecule has 1 atom stereocenters. The van der Waals surface area contributed by atoms with Gasteiger partial charge in [-0.05, 0) is 19.3 Å². The first-order valence-electron chi connectivity index (χ1n) is 4.59. The first-order valence-corrected chi connectivity index (χ1v) is 4.59. The van der Waals surface area contributed by atoms with Crippen LogP contribution in [0.25, 0.3) is 0 Å². The lowest BCUT2D eigenvalue weighted by Gasteiger charge is -2.19. The van der Waals surface area contributed by atoms with Crippen molar-refractivity contribution in [2.75, 3.05) is 0 Å². The lowest BCUT2D eigenvalue weighted by Crippen LogP contribution is -2.29. The van der Waals surface area contributed by atoms with E-state index in [-0.39, 0.29) is 5.78 Å². The number of rotatable bonds is 3. The molecule has 1 aliphatic carbocycles. The van der Waals surface area contributed by atoms with Gasteiger partial charge in [0, 0.05) is 24.2 Å². The second-order valence-electron chi connectivity index (χ2n) is 3.81. The highest BCUT2D eigenvalue weighted by molar-refractivity contribution is 5.92. The van der Waals surface area contributed by atoms with E-state index in [1.54, 1.807) is 6.08 Å². The maximum atomic E-state index is 10.9. The Kier molecular flexibility index (Phi) is 2.90. The summed E-state index contributed by atoms with van der Waals surface area (Å²) < 4.78 is 0. The molecular weight excluding hydrogens is 150 g/mol. The van der Waals surface area contributed by atoms with E-state index < -0.39 is 0 Å². The summed E-state index contributed by atoms with van der Waals surface area (Å²) in [5.41, 5.74) is 1.11. The zero-order valence-corrected chi connectivity index (χ0v) is 8.05. The van der Waals surface area contributed by atoms with Gasteiger partial charge in [-0.1, -0.05) is 13.8 Å². The van der Waals surface area contributed by atoms with Crippen LogP contribution in [0.1, 0.15) is 33.6 Å². The van der Waals surface area contributed by atoms with Crippen LogP contribution >= 0.6 is 0 Å². The fraction of sp³-hybridized carbons (Fsp3) is 0.700. The Labute approximate surface area is 74.0 Å². The average molecular weight is 167 g/mol. The van der Waals surface area contributed by atoms with Gasteiger partial charge in [-0.2, -0.15) is 0 Å². The zero-order chi connectivity index (χ0) is 9.14. The highest BCUT2D eigenvalue weighted by Crippen LogP contribution is 2.14. The summed E-state index contributed by atoms with van der Waals surface area (Å²) in [7, 11) is 0. The van der Waals surface area contributed by atoms with Crippen molar-refractivity contribution in [3.05, 3.63) is 11.8 Å². The van der Waals surface area contributed by atoms with Gasteiger partial charge in [-0.25, -0.2) is 0 Å². The molecule has 2 heteroatoms. The largest absolute Gasteiger partial charge is 0.386 e. The Balaban J connectivity index is 2.41. The number of nitrogens with one attached hydrogen (secondary N) is 1. The summed E-state index contributed by atoms with van der Waals surface area (Å²) in [5, 5.41) is 3.35. The number of hydrogen-bond donors (Lipinski definition) is 1. The fourth-order valence-corrected chi connectivity index (χ4v) is 1.17. The van der Waals surface area contributed by atoms with Crippen LogP contribution < -0.4 is 5.32 Å². The first kappa shape index (κ1) is 9.30. The van der Waals surface area contributed by atoms with Crippen molar-refractivity contribution in [1.29, 1.82) is 0 Å². The van der Waals surface area contributed by atoms with E-state index in [0.717, 1.165) is 12.1 Å². The Morgan fingerprint density at radius 3 is 2.42 bits per heavy atom. The van der Waals surface area contributed by atoms with Crippen LogP contribution in [0.3, 0.4) is 0 Å². The van der Waals surface area contributed by atoms with Crippen molar-refractivity contribution in [2.45, 2.75) is 39.7 Å². The first-order chi connectivity index (χ1) is 5.59. The molecule has 1 aliphatic rings. The molecule has 0 saturated carbocycles. The van der Waals surface area contributed by atoms with Crippen LogP contribution in [0.15, 0.2) is 11.8 Å². The Bertz CT molecular complexity index is 206. The van der Waals surface area contributed by atoms with Crippen LogP contribution in [0, 0.1) is 5.92 Å². The van der Waals surface area contributed by atoms with Crippen LogP contribution in [0.2, 0.25) is 0 Å². The minimum absolute atomic E-state index is 0.258. The molecule has 0 radical (unpaired) electrons. The topological polar surface area (TPSA) is 29.1 Å². The molecule has 2 nitrogen and oxygen atoms in total. The lowest BCUT2D eigenvalue weighted by molar-refractivity contribution is -0.114. The third-order valence-electron chi connectivity index (χ3n) is 2.39. The molecule has 68 valence electrons. The van der Waals surface area contributed by atoms with Gasteiger partial charge in [0.2, 0.25) is 0 Å². The number of allylic oxidation sites excluding steroid dienone is 2. The normalized spacial score (nSPS) is 19.7. The van der Waals surface area contributed by atoms with Gasteiger partial charge in [-0.3, -0.25) is 4.79 Å². The summed E-state index contributed by atoms with van der Waals surface area (Å²) in [6.45, 7) is 6.50. The van der Waals surface area contributed by atoms with Gasteiger partial charge in [0.15, 0.2) is 5.78 Å². The van der Waals surface area contributed by atoms with Gasteiger partial charge in [0.1, 0.15) is 0 Å². The molecule has 0 fully saturated rings. The molecule has 0 aliphatic heterocycles. The Morgan fingerprint density at radius 2 is 2.00 bits per heavy atom. The highest BCUT2D eigenvalue weighted by Gasteiger charge is 2.14. The molecule has 1 N–H and O–H groups in total. The third-order valence-corrected chi connectivity index (χ3v) is 2.39. The SMILES string of the molecule is CC(C)C(C)NC1=CC(=O)CC1.